The van der Waals surface area contributed by atoms with Crippen LogP contribution in [0.25, 0.3) is 16.6 Å². The maximum Gasteiger partial charge on any atom is 0.337 e. The number of carboxylic acids is 1. The molecule has 1 N–H and O–H groups in total. The number of rotatable bonds is 2. The number of halogens is 1. The number of carbonyl (C=O) groups is 1. The van der Waals surface area contributed by atoms with Crippen molar-refractivity contribution < 1.29 is 9.90 Å². The Kier molecular flexibility index (Phi) is 2.83. The van der Waals surface area contributed by atoms with Crippen LogP contribution in [0.15, 0.2) is 53.1 Å². The predicted molar refractivity (Wildman–Crippen MR) is 75.7 cm³/mol. The molecule has 2 aromatic carbocycles. The second kappa shape index (κ2) is 4.51. The summed E-state index contributed by atoms with van der Waals surface area (Å²) in [4.78, 5) is 11.3. The molecule has 0 aliphatic carbocycles. The van der Waals surface area contributed by atoms with Crippen molar-refractivity contribution >= 4 is 32.8 Å². The molecule has 0 fully saturated rings. The van der Waals surface area contributed by atoms with Gasteiger partial charge in [0.25, 0.3) is 0 Å². The van der Waals surface area contributed by atoms with Gasteiger partial charge >= 0.3 is 5.97 Å². The van der Waals surface area contributed by atoms with Crippen molar-refractivity contribution in [1.29, 1.82) is 0 Å². The summed E-state index contributed by atoms with van der Waals surface area (Å²) in [6.07, 6.45) is 1.72. The van der Waals surface area contributed by atoms with Gasteiger partial charge in [-0.3, -0.25) is 0 Å². The van der Waals surface area contributed by atoms with Crippen molar-refractivity contribution in [2.75, 3.05) is 0 Å². The molecule has 94 valence electrons. The van der Waals surface area contributed by atoms with Crippen LogP contribution in [0, 0.1) is 0 Å². The zero-order chi connectivity index (χ0) is 13.4. The molecule has 1 aromatic heterocycles. The van der Waals surface area contributed by atoms with E-state index in [9.17, 15) is 9.90 Å². The monoisotopic (exact) mass is 316 g/mol. The molecule has 0 saturated heterocycles. The lowest BCUT2D eigenvalue weighted by molar-refractivity contribution is 0.0697. The van der Waals surface area contributed by atoms with Crippen LogP contribution in [0.3, 0.4) is 0 Å². The van der Waals surface area contributed by atoms with E-state index in [0.717, 1.165) is 15.4 Å². The van der Waals surface area contributed by atoms with Gasteiger partial charge in [0.15, 0.2) is 0 Å². The molecular weight excluding hydrogens is 308 g/mol. The Morgan fingerprint density at radius 3 is 2.79 bits per heavy atom. The number of benzene rings is 2. The van der Waals surface area contributed by atoms with Gasteiger partial charge in [-0.05, 0) is 24.3 Å². The molecule has 19 heavy (non-hydrogen) atoms. The normalized spacial score (nSPS) is 10.8. The first-order valence-electron chi connectivity index (χ1n) is 5.63. The number of fused-ring (bicyclic) bond motifs is 1. The summed E-state index contributed by atoms with van der Waals surface area (Å²) in [5, 5.41) is 14.5. The molecule has 0 radical (unpaired) electrons. The van der Waals surface area contributed by atoms with Crippen LogP contribution < -0.4 is 0 Å². The lowest BCUT2D eigenvalue weighted by Gasteiger charge is -2.08. The van der Waals surface area contributed by atoms with Gasteiger partial charge in [0.05, 0.1) is 23.0 Å². The van der Waals surface area contributed by atoms with E-state index in [-0.39, 0.29) is 5.56 Å². The van der Waals surface area contributed by atoms with Crippen LogP contribution in [-0.4, -0.2) is 20.9 Å². The number of aromatic nitrogens is 2. The largest absolute Gasteiger partial charge is 0.478 e. The molecule has 0 aliphatic heterocycles. The molecule has 4 nitrogen and oxygen atoms in total. The van der Waals surface area contributed by atoms with Crippen molar-refractivity contribution in [3.05, 3.63) is 58.7 Å². The van der Waals surface area contributed by atoms with Crippen LogP contribution in [0.1, 0.15) is 10.4 Å². The van der Waals surface area contributed by atoms with E-state index in [1.807, 2.05) is 24.3 Å². The molecule has 0 saturated carbocycles. The lowest BCUT2D eigenvalue weighted by atomic mass is 10.1. The maximum atomic E-state index is 11.3. The van der Waals surface area contributed by atoms with Gasteiger partial charge < -0.3 is 5.11 Å². The molecule has 3 aromatic rings. The second-order valence-corrected chi connectivity index (χ2v) is 5.00. The predicted octanol–water partition coefficient (Wildman–Crippen LogP) is 3.49. The molecule has 0 atom stereocenters. The van der Waals surface area contributed by atoms with Gasteiger partial charge in [0.2, 0.25) is 0 Å². The Balaban J connectivity index is 2.32. The Morgan fingerprint density at radius 2 is 2.00 bits per heavy atom. The molecule has 1 heterocycles. The highest BCUT2D eigenvalue weighted by Crippen LogP contribution is 2.24. The highest BCUT2D eigenvalue weighted by molar-refractivity contribution is 9.10. The van der Waals surface area contributed by atoms with Gasteiger partial charge in [-0.2, -0.15) is 5.10 Å². The van der Waals surface area contributed by atoms with Crippen molar-refractivity contribution in [3.8, 4) is 5.69 Å². The number of para-hydroxylation sites is 1. The van der Waals surface area contributed by atoms with E-state index in [1.54, 1.807) is 29.1 Å². The number of carboxylic acid groups (broad SMARTS) is 1. The molecule has 5 heteroatoms. The molecule has 0 spiro atoms. The van der Waals surface area contributed by atoms with Gasteiger partial charge in [0.1, 0.15) is 0 Å². The smallest absolute Gasteiger partial charge is 0.337 e. The average Bonchev–Trinajstić information content (AvgIpc) is 2.82. The zero-order valence-electron chi connectivity index (χ0n) is 9.75. The Morgan fingerprint density at radius 1 is 1.21 bits per heavy atom. The maximum absolute atomic E-state index is 11.3. The SMILES string of the molecule is O=C(O)c1ccc(Br)cc1-n1ncc2ccccc21. The first-order chi connectivity index (χ1) is 9.16. The first-order valence-corrected chi connectivity index (χ1v) is 6.42. The third kappa shape index (κ3) is 2.02. The minimum atomic E-state index is -0.970. The van der Waals surface area contributed by atoms with Gasteiger partial charge in [-0.15, -0.1) is 0 Å². The number of nitrogens with zero attached hydrogens (tertiary/aromatic N) is 2. The summed E-state index contributed by atoms with van der Waals surface area (Å²) in [5.74, 6) is -0.970. The van der Waals surface area contributed by atoms with E-state index in [4.69, 9.17) is 0 Å². The zero-order valence-corrected chi connectivity index (χ0v) is 11.3. The standard InChI is InChI=1S/C14H9BrN2O2/c15-10-5-6-11(14(18)19)13(7-10)17-12-4-2-1-3-9(12)8-16-17/h1-8H,(H,18,19). The fraction of sp³-hybridized carbons (Fsp3) is 0. The summed E-state index contributed by atoms with van der Waals surface area (Å²) in [6.45, 7) is 0. The topological polar surface area (TPSA) is 55.1 Å². The Hall–Kier alpha value is -2.14. The highest BCUT2D eigenvalue weighted by Gasteiger charge is 2.14. The van der Waals surface area contributed by atoms with E-state index in [1.165, 1.54) is 0 Å². The van der Waals surface area contributed by atoms with Crippen LogP contribution in [0.5, 0.6) is 0 Å². The van der Waals surface area contributed by atoms with Crippen LogP contribution >= 0.6 is 15.9 Å². The summed E-state index contributed by atoms with van der Waals surface area (Å²) < 4.78 is 2.45. The van der Waals surface area contributed by atoms with Gasteiger partial charge in [-0.1, -0.05) is 34.1 Å². The molecule has 0 bridgehead atoms. The van der Waals surface area contributed by atoms with Crippen molar-refractivity contribution in [3.63, 3.8) is 0 Å². The van der Waals surface area contributed by atoms with Crippen molar-refractivity contribution in [2.45, 2.75) is 0 Å². The van der Waals surface area contributed by atoms with Gasteiger partial charge in [-0.25, -0.2) is 9.48 Å². The number of hydrogen-bond acceptors (Lipinski definition) is 2. The quantitative estimate of drug-likeness (QED) is 0.787. The van der Waals surface area contributed by atoms with E-state index < -0.39 is 5.97 Å². The number of aromatic carboxylic acids is 1. The molecule has 0 unspecified atom stereocenters. The first kappa shape index (κ1) is 11.9. The highest BCUT2D eigenvalue weighted by atomic mass is 79.9. The minimum absolute atomic E-state index is 0.219. The summed E-state index contributed by atoms with van der Waals surface area (Å²) in [7, 11) is 0. The third-order valence-electron chi connectivity index (χ3n) is 2.90. The van der Waals surface area contributed by atoms with Crippen LogP contribution in [0.4, 0.5) is 0 Å². The van der Waals surface area contributed by atoms with Gasteiger partial charge in [0, 0.05) is 9.86 Å². The van der Waals surface area contributed by atoms with E-state index >= 15 is 0 Å². The molecular formula is C14H9BrN2O2. The van der Waals surface area contributed by atoms with Crippen molar-refractivity contribution in [2.24, 2.45) is 0 Å². The summed E-state index contributed by atoms with van der Waals surface area (Å²) in [6, 6.07) is 12.7. The van der Waals surface area contributed by atoms with Crippen LogP contribution in [-0.2, 0) is 0 Å². The fourth-order valence-corrected chi connectivity index (χ4v) is 2.37. The van der Waals surface area contributed by atoms with E-state index in [2.05, 4.69) is 21.0 Å². The number of hydrogen-bond donors (Lipinski definition) is 1. The molecule has 3 rings (SSSR count). The average molecular weight is 317 g/mol. The van der Waals surface area contributed by atoms with Crippen LogP contribution in [0.2, 0.25) is 0 Å². The third-order valence-corrected chi connectivity index (χ3v) is 3.39. The summed E-state index contributed by atoms with van der Waals surface area (Å²) in [5.41, 5.74) is 1.64. The fourth-order valence-electron chi connectivity index (χ4n) is 2.02. The lowest BCUT2D eigenvalue weighted by Crippen LogP contribution is -2.06. The summed E-state index contributed by atoms with van der Waals surface area (Å²) >= 11 is 3.36. The Labute approximate surface area is 117 Å². The Bertz CT molecular complexity index is 780. The van der Waals surface area contributed by atoms with Crippen molar-refractivity contribution in [1.82, 2.24) is 9.78 Å². The molecule has 0 aliphatic rings. The second-order valence-electron chi connectivity index (χ2n) is 4.08. The molecule has 0 amide bonds. The minimum Gasteiger partial charge on any atom is -0.478 e. The van der Waals surface area contributed by atoms with E-state index in [0.29, 0.717) is 5.69 Å².